The Bertz CT molecular complexity index is 869. The molecule has 1 saturated heterocycles. The highest BCUT2D eigenvalue weighted by Crippen LogP contribution is 2.34. The van der Waals surface area contributed by atoms with E-state index < -0.39 is 0 Å². The zero-order chi connectivity index (χ0) is 18.3. The standard InChI is InChI=1S/C20H18ClFN2O2/c21-15-4-3-14-7-8-24-18(17(14)10-15)11-23(12-20(24)26)19(25)9-13-1-5-16(22)6-2-13/h1-6,10,18H,7-9,11-12H2. The van der Waals surface area contributed by atoms with Crippen LogP contribution in [0.2, 0.25) is 5.02 Å². The van der Waals surface area contributed by atoms with E-state index in [1.807, 2.05) is 23.1 Å². The number of carbonyl (C=O) groups excluding carboxylic acids is 2. The molecule has 2 heterocycles. The van der Waals surface area contributed by atoms with E-state index in [2.05, 4.69) is 0 Å². The van der Waals surface area contributed by atoms with Gasteiger partial charge in [0.1, 0.15) is 5.82 Å². The van der Waals surface area contributed by atoms with Crippen LogP contribution in [0.3, 0.4) is 0 Å². The SMILES string of the molecule is O=C(Cc1ccc(F)cc1)N1CC(=O)N2CCc3ccc(Cl)cc3C2C1. The highest BCUT2D eigenvalue weighted by molar-refractivity contribution is 6.30. The third kappa shape index (κ3) is 3.19. The monoisotopic (exact) mass is 372 g/mol. The van der Waals surface area contributed by atoms with E-state index in [1.54, 1.807) is 17.0 Å². The molecule has 0 aliphatic carbocycles. The molecule has 1 atom stereocenters. The van der Waals surface area contributed by atoms with E-state index in [1.165, 1.54) is 17.7 Å². The Labute approximate surface area is 156 Å². The minimum absolute atomic E-state index is 0.0423. The topological polar surface area (TPSA) is 40.6 Å². The van der Waals surface area contributed by atoms with Crippen LogP contribution in [-0.2, 0) is 22.4 Å². The van der Waals surface area contributed by atoms with Crippen molar-refractivity contribution in [3.63, 3.8) is 0 Å². The van der Waals surface area contributed by atoms with E-state index in [9.17, 15) is 14.0 Å². The van der Waals surface area contributed by atoms with E-state index in [0.717, 1.165) is 17.5 Å². The van der Waals surface area contributed by atoms with Crippen LogP contribution in [0.1, 0.15) is 22.7 Å². The summed E-state index contributed by atoms with van der Waals surface area (Å²) >= 11 is 6.15. The van der Waals surface area contributed by atoms with Gasteiger partial charge in [0.25, 0.3) is 0 Å². The molecule has 4 nitrogen and oxygen atoms in total. The van der Waals surface area contributed by atoms with Crippen LogP contribution in [0.5, 0.6) is 0 Å². The summed E-state index contributed by atoms with van der Waals surface area (Å²) in [7, 11) is 0. The highest BCUT2D eigenvalue weighted by Gasteiger charge is 2.38. The molecule has 0 bridgehead atoms. The number of halogens is 2. The van der Waals surface area contributed by atoms with Gasteiger partial charge >= 0.3 is 0 Å². The summed E-state index contributed by atoms with van der Waals surface area (Å²) in [6.07, 6.45) is 0.959. The van der Waals surface area contributed by atoms with Gasteiger partial charge in [0.2, 0.25) is 11.8 Å². The molecular weight excluding hydrogens is 355 g/mol. The molecule has 2 aliphatic rings. The minimum atomic E-state index is -0.333. The van der Waals surface area contributed by atoms with Crippen molar-refractivity contribution in [2.45, 2.75) is 18.9 Å². The van der Waals surface area contributed by atoms with Crippen molar-refractivity contribution in [3.8, 4) is 0 Å². The Morgan fingerprint density at radius 2 is 1.96 bits per heavy atom. The number of piperazine rings is 1. The van der Waals surface area contributed by atoms with Crippen LogP contribution in [0.15, 0.2) is 42.5 Å². The van der Waals surface area contributed by atoms with E-state index in [4.69, 9.17) is 11.6 Å². The average molecular weight is 373 g/mol. The predicted molar refractivity (Wildman–Crippen MR) is 96.3 cm³/mol. The Hall–Kier alpha value is -2.40. The normalized spacial score (nSPS) is 19.2. The molecule has 6 heteroatoms. The van der Waals surface area contributed by atoms with Crippen molar-refractivity contribution in [2.24, 2.45) is 0 Å². The molecule has 2 aromatic carbocycles. The first-order valence-corrected chi connectivity index (χ1v) is 8.99. The van der Waals surface area contributed by atoms with Crippen molar-refractivity contribution in [1.82, 2.24) is 9.80 Å². The van der Waals surface area contributed by atoms with Gasteiger partial charge in [0.15, 0.2) is 0 Å². The van der Waals surface area contributed by atoms with Gasteiger partial charge < -0.3 is 9.80 Å². The van der Waals surface area contributed by atoms with Crippen LogP contribution < -0.4 is 0 Å². The summed E-state index contributed by atoms with van der Waals surface area (Å²) in [5.41, 5.74) is 2.94. The summed E-state index contributed by atoms with van der Waals surface area (Å²) in [6.45, 7) is 1.21. The Morgan fingerprint density at radius 3 is 2.73 bits per heavy atom. The van der Waals surface area contributed by atoms with Gasteiger partial charge in [0, 0.05) is 18.1 Å². The molecule has 1 unspecified atom stereocenters. The highest BCUT2D eigenvalue weighted by atomic mass is 35.5. The van der Waals surface area contributed by atoms with Crippen molar-refractivity contribution in [2.75, 3.05) is 19.6 Å². The molecule has 2 aromatic rings. The lowest BCUT2D eigenvalue weighted by Gasteiger charge is -2.44. The number of hydrogen-bond acceptors (Lipinski definition) is 2. The summed E-state index contributed by atoms with van der Waals surface area (Å²) in [5, 5.41) is 0.632. The van der Waals surface area contributed by atoms with Crippen LogP contribution in [0, 0.1) is 5.82 Å². The van der Waals surface area contributed by atoms with Crippen molar-refractivity contribution in [3.05, 3.63) is 70.0 Å². The molecule has 0 aromatic heterocycles. The van der Waals surface area contributed by atoms with Gasteiger partial charge in [-0.1, -0.05) is 29.8 Å². The van der Waals surface area contributed by atoms with Gasteiger partial charge in [-0.25, -0.2) is 4.39 Å². The fraction of sp³-hybridized carbons (Fsp3) is 0.300. The van der Waals surface area contributed by atoms with Crippen molar-refractivity contribution in [1.29, 1.82) is 0 Å². The third-order valence-corrected chi connectivity index (χ3v) is 5.36. The van der Waals surface area contributed by atoms with Crippen LogP contribution in [0.25, 0.3) is 0 Å². The third-order valence-electron chi connectivity index (χ3n) is 5.13. The first-order valence-electron chi connectivity index (χ1n) is 8.61. The summed E-state index contributed by atoms with van der Waals surface area (Å²) < 4.78 is 13.0. The second kappa shape index (κ2) is 6.72. The molecule has 26 heavy (non-hydrogen) atoms. The molecule has 1 fully saturated rings. The molecule has 0 N–H and O–H groups in total. The lowest BCUT2D eigenvalue weighted by atomic mass is 9.90. The molecule has 134 valence electrons. The predicted octanol–water partition coefficient (Wildman–Crippen LogP) is 2.99. The maximum absolute atomic E-state index is 13.0. The van der Waals surface area contributed by atoms with Crippen LogP contribution in [-0.4, -0.2) is 41.2 Å². The van der Waals surface area contributed by atoms with Gasteiger partial charge in [-0.15, -0.1) is 0 Å². The molecule has 2 aliphatic heterocycles. The second-order valence-corrected chi connectivity index (χ2v) is 7.21. The maximum atomic E-state index is 13.0. The average Bonchev–Trinajstić information content (AvgIpc) is 2.63. The number of rotatable bonds is 2. The summed E-state index contributed by atoms with van der Waals surface area (Å²) in [4.78, 5) is 28.7. The fourth-order valence-electron chi connectivity index (χ4n) is 3.77. The maximum Gasteiger partial charge on any atom is 0.242 e. The number of nitrogens with zero attached hydrogens (tertiary/aromatic N) is 2. The molecule has 0 radical (unpaired) electrons. The van der Waals surface area contributed by atoms with E-state index in [-0.39, 0.29) is 36.6 Å². The Kier molecular flexibility index (Phi) is 4.41. The molecule has 2 amide bonds. The van der Waals surface area contributed by atoms with Gasteiger partial charge in [-0.3, -0.25) is 9.59 Å². The largest absolute Gasteiger partial charge is 0.332 e. The Morgan fingerprint density at radius 1 is 1.19 bits per heavy atom. The number of carbonyl (C=O) groups is 2. The fourth-order valence-corrected chi connectivity index (χ4v) is 3.95. The number of amides is 2. The second-order valence-electron chi connectivity index (χ2n) is 6.77. The summed E-state index contributed by atoms with van der Waals surface area (Å²) in [5.74, 6) is -0.501. The number of fused-ring (bicyclic) bond motifs is 3. The van der Waals surface area contributed by atoms with Gasteiger partial charge in [-0.2, -0.15) is 0 Å². The van der Waals surface area contributed by atoms with Gasteiger partial charge in [-0.05, 0) is 47.4 Å². The van der Waals surface area contributed by atoms with Crippen molar-refractivity contribution >= 4 is 23.4 Å². The Balaban J connectivity index is 1.56. The van der Waals surface area contributed by atoms with Crippen molar-refractivity contribution < 1.29 is 14.0 Å². The van der Waals surface area contributed by atoms with Crippen LogP contribution >= 0.6 is 11.6 Å². The number of benzene rings is 2. The first-order chi connectivity index (χ1) is 12.5. The molecular formula is C20H18ClFN2O2. The van der Waals surface area contributed by atoms with Gasteiger partial charge in [0.05, 0.1) is 19.0 Å². The lowest BCUT2D eigenvalue weighted by molar-refractivity contribution is -0.149. The van der Waals surface area contributed by atoms with E-state index >= 15 is 0 Å². The first kappa shape index (κ1) is 17.0. The lowest BCUT2D eigenvalue weighted by Crippen LogP contribution is -2.56. The molecule has 0 saturated carbocycles. The minimum Gasteiger partial charge on any atom is -0.332 e. The zero-order valence-electron chi connectivity index (χ0n) is 14.1. The molecule has 0 spiro atoms. The van der Waals surface area contributed by atoms with Crippen LogP contribution in [0.4, 0.5) is 4.39 Å². The quantitative estimate of drug-likeness (QED) is 0.813. The zero-order valence-corrected chi connectivity index (χ0v) is 14.9. The number of hydrogen-bond donors (Lipinski definition) is 0. The van der Waals surface area contributed by atoms with E-state index in [0.29, 0.717) is 18.1 Å². The summed E-state index contributed by atoms with van der Waals surface area (Å²) in [6, 6.07) is 11.5. The smallest absolute Gasteiger partial charge is 0.242 e. The molecule has 4 rings (SSSR count).